The van der Waals surface area contributed by atoms with Gasteiger partial charge in [0.05, 0.1) is 18.5 Å². The third kappa shape index (κ3) is 3.04. The Hall–Kier alpha value is -1.97. The van der Waals surface area contributed by atoms with Crippen LogP contribution in [0, 0.1) is 6.92 Å². The number of rotatable bonds is 4. The number of aromatic nitrogens is 2. The van der Waals surface area contributed by atoms with Gasteiger partial charge in [-0.05, 0) is 31.9 Å². The lowest BCUT2D eigenvalue weighted by Crippen LogP contribution is -2.24. The van der Waals surface area contributed by atoms with E-state index in [0.717, 1.165) is 23.1 Å². The van der Waals surface area contributed by atoms with Crippen molar-refractivity contribution in [2.75, 3.05) is 12.4 Å². The molecule has 0 radical (unpaired) electrons. The zero-order valence-electron chi connectivity index (χ0n) is 12.8. The minimum Gasteiger partial charge on any atom is -0.495 e. The summed E-state index contributed by atoms with van der Waals surface area (Å²) in [6.07, 6.45) is 8.51. The molecule has 0 unspecified atom stereocenters. The molecule has 1 aliphatic carbocycles. The second-order valence-electron chi connectivity index (χ2n) is 5.73. The minimum atomic E-state index is 0.536. The van der Waals surface area contributed by atoms with Gasteiger partial charge >= 0.3 is 0 Å². The van der Waals surface area contributed by atoms with E-state index >= 15 is 0 Å². The topological polar surface area (TPSA) is 39.1 Å². The van der Waals surface area contributed by atoms with Gasteiger partial charge in [-0.15, -0.1) is 0 Å². The van der Waals surface area contributed by atoms with Crippen molar-refractivity contribution in [3.8, 4) is 11.4 Å². The van der Waals surface area contributed by atoms with Crippen LogP contribution >= 0.6 is 0 Å². The Bertz CT molecular complexity index is 600. The van der Waals surface area contributed by atoms with Gasteiger partial charge in [0, 0.05) is 12.2 Å². The summed E-state index contributed by atoms with van der Waals surface area (Å²) in [6, 6.07) is 8.59. The summed E-state index contributed by atoms with van der Waals surface area (Å²) < 4.78 is 7.58. The lowest BCUT2D eigenvalue weighted by molar-refractivity contribution is 0.412. The molecule has 1 aromatic carbocycles. The Labute approximate surface area is 126 Å². The molecule has 0 atom stereocenters. The lowest BCUT2D eigenvalue weighted by atomic mass is 9.96. The summed E-state index contributed by atoms with van der Waals surface area (Å²) in [7, 11) is 1.71. The fourth-order valence-electron chi connectivity index (χ4n) is 3.04. The Morgan fingerprint density at radius 1 is 1.19 bits per heavy atom. The minimum absolute atomic E-state index is 0.536. The molecule has 1 saturated carbocycles. The number of anilines is 1. The van der Waals surface area contributed by atoms with E-state index in [1.165, 1.54) is 32.1 Å². The van der Waals surface area contributed by atoms with Gasteiger partial charge in [0.15, 0.2) is 0 Å². The Morgan fingerprint density at radius 3 is 2.71 bits per heavy atom. The number of para-hydroxylation sites is 2. The maximum atomic E-state index is 5.48. The van der Waals surface area contributed by atoms with Crippen LogP contribution in [0.2, 0.25) is 0 Å². The molecule has 4 nitrogen and oxygen atoms in total. The van der Waals surface area contributed by atoms with E-state index in [1.54, 1.807) is 7.11 Å². The van der Waals surface area contributed by atoms with Gasteiger partial charge < -0.3 is 10.1 Å². The standard InChI is InChI=1S/C17H23N3O/c1-13-12-20(15-10-6-7-11-16(15)21-2)17(18-13)19-14-8-4-3-5-9-14/h6-7,10-12,14H,3-5,8-9H2,1-2H3,(H,18,19). The Kier molecular flexibility index (Phi) is 4.13. The third-order valence-corrected chi connectivity index (χ3v) is 4.11. The highest BCUT2D eigenvalue weighted by Gasteiger charge is 2.17. The van der Waals surface area contributed by atoms with E-state index in [9.17, 15) is 0 Å². The average Bonchev–Trinajstić information content (AvgIpc) is 2.88. The molecule has 2 aromatic rings. The van der Waals surface area contributed by atoms with Gasteiger partial charge in [0.1, 0.15) is 5.75 Å². The van der Waals surface area contributed by atoms with Crippen molar-refractivity contribution in [3.63, 3.8) is 0 Å². The Morgan fingerprint density at radius 2 is 1.95 bits per heavy atom. The SMILES string of the molecule is COc1ccccc1-n1cc(C)nc1NC1CCCCC1. The van der Waals surface area contributed by atoms with Crippen molar-refractivity contribution >= 4 is 5.95 Å². The Balaban J connectivity index is 1.91. The van der Waals surface area contributed by atoms with Crippen LogP contribution in [0.25, 0.3) is 5.69 Å². The molecular formula is C17H23N3O. The van der Waals surface area contributed by atoms with Crippen LogP contribution < -0.4 is 10.1 Å². The van der Waals surface area contributed by atoms with Gasteiger partial charge in [-0.25, -0.2) is 4.98 Å². The first-order valence-corrected chi connectivity index (χ1v) is 7.74. The molecule has 1 aliphatic rings. The molecule has 1 fully saturated rings. The zero-order valence-corrected chi connectivity index (χ0v) is 12.8. The highest BCUT2D eigenvalue weighted by Crippen LogP contribution is 2.28. The smallest absolute Gasteiger partial charge is 0.208 e. The van der Waals surface area contributed by atoms with E-state index in [0.29, 0.717) is 6.04 Å². The maximum absolute atomic E-state index is 5.48. The van der Waals surface area contributed by atoms with Crippen molar-refractivity contribution in [1.29, 1.82) is 0 Å². The molecule has 0 saturated heterocycles. The van der Waals surface area contributed by atoms with Gasteiger partial charge in [0.25, 0.3) is 0 Å². The van der Waals surface area contributed by atoms with Crippen LogP contribution in [0.3, 0.4) is 0 Å². The predicted octanol–water partition coefficient (Wildman–Crippen LogP) is 3.93. The van der Waals surface area contributed by atoms with E-state index in [4.69, 9.17) is 4.74 Å². The van der Waals surface area contributed by atoms with Crippen molar-refractivity contribution in [3.05, 3.63) is 36.2 Å². The lowest BCUT2D eigenvalue weighted by Gasteiger charge is -2.24. The van der Waals surface area contributed by atoms with Gasteiger partial charge in [-0.2, -0.15) is 0 Å². The van der Waals surface area contributed by atoms with Gasteiger partial charge in [0.2, 0.25) is 5.95 Å². The summed E-state index contributed by atoms with van der Waals surface area (Å²) in [5.41, 5.74) is 2.04. The number of benzene rings is 1. The molecule has 112 valence electrons. The first-order chi connectivity index (χ1) is 10.3. The first kappa shape index (κ1) is 14.0. The van der Waals surface area contributed by atoms with Crippen molar-refractivity contribution < 1.29 is 4.74 Å². The zero-order chi connectivity index (χ0) is 14.7. The molecular weight excluding hydrogens is 262 g/mol. The molecule has 1 aromatic heterocycles. The number of methoxy groups -OCH3 is 1. The fourth-order valence-corrected chi connectivity index (χ4v) is 3.04. The van der Waals surface area contributed by atoms with E-state index in [2.05, 4.69) is 27.1 Å². The monoisotopic (exact) mass is 285 g/mol. The third-order valence-electron chi connectivity index (χ3n) is 4.11. The fraction of sp³-hybridized carbons (Fsp3) is 0.471. The number of ether oxygens (including phenoxy) is 1. The van der Waals surface area contributed by atoms with E-state index in [-0.39, 0.29) is 0 Å². The molecule has 0 bridgehead atoms. The van der Waals surface area contributed by atoms with Crippen LogP contribution in [0.4, 0.5) is 5.95 Å². The highest BCUT2D eigenvalue weighted by atomic mass is 16.5. The summed E-state index contributed by atoms with van der Waals surface area (Å²) in [5, 5.41) is 3.62. The quantitative estimate of drug-likeness (QED) is 0.925. The summed E-state index contributed by atoms with van der Waals surface area (Å²) in [5.74, 6) is 1.78. The molecule has 1 heterocycles. The largest absolute Gasteiger partial charge is 0.495 e. The van der Waals surface area contributed by atoms with Crippen LogP contribution in [0.5, 0.6) is 5.75 Å². The van der Waals surface area contributed by atoms with Crippen molar-refractivity contribution in [2.45, 2.75) is 45.1 Å². The van der Waals surface area contributed by atoms with E-state index in [1.807, 2.05) is 25.1 Å². The number of imidazole rings is 1. The van der Waals surface area contributed by atoms with Crippen LogP contribution in [0.15, 0.2) is 30.5 Å². The summed E-state index contributed by atoms with van der Waals surface area (Å²) in [6.45, 7) is 2.03. The van der Waals surface area contributed by atoms with Crippen LogP contribution in [-0.2, 0) is 0 Å². The average molecular weight is 285 g/mol. The molecule has 0 amide bonds. The number of nitrogens with zero attached hydrogens (tertiary/aromatic N) is 2. The summed E-state index contributed by atoms with van der Waals surface area (Å²) in [4.78, 5) is 4.65. The van der Waals surface area contributed by atoms with E-state index < -0.39 is 0 Å². The number of hydrogen-bond acceptors (Lipinski definition) is 3. The number of nitrogens with one attached hydrogen (secondary N) is 1. The highest BCUT2D eigenvalue weighted by molar-refractivity contribution is 5.52. The second-order valence-corrected chi connectivity index (χ2v) is 5.73. The second kappa shape index (κ2) is 6.20. The normalized spacial score (nSPS) is 15.9. The van der Waals surface area contributed by atoms with Crippen molar-refractivity contribution in [2.24, 2.45) is 0 Å². The summed E-state index contributed by atoms with van der Waals surface area (Å²) >= 11 is 0. The van der Waals surface area contributed by atoms with Crippen molar-refractivity contribution in [1.82, 2.24) is 9.55 Å². The molecule has 1 N–H and O–H groups in total. The predicted molar refractivity (Wildman–Crippen MR) is 85.3 cm³/mol. The molecule has 0 spiro atoms. The molecule has 3 rings (SSSR count). The van der Waals surface area contributed by atoms with Crippen LogP contribution in [-0.4, -0.2) is 22.7 Å². The molecule has 4 heteroatoms. The molecule has 21 heavy (non-hydrogen) atoms. The molecule has 0 aliphatic heterocycles. The maximum Gasteiger partial charge on any atom is 0.208 e. The first-order valence-electron chi connectivity index (χ1n) is 7.74. The number of aryl methyl sites for hydroxylation is 1. The van der Waals surface area contributed by atoms with Gasteiger partial charge in [-0.3, -0.25) is 4.57 Å². The van der Waals surface area contributed by atoms with Crippen LogP contribution in [0.1, 0.15) is 37.8 Å². The number of hydrogen-bond donors (Lipinski definition) is 1. The van der Waals surface area contributed by atoms with Gasteiger partial charge in [-0.1, -0.05) is 31.4 Å².